The Labute approximate surface area is 124 Å². The average molecular weight is 288 g/mol. The number of carbonyl (C=O) groups is 2. The van der Waals surface area contributed by atoms with Gasteiger partial charge in [0.2, 0.25) is 0 Å². The second-order valence-corrected chi connectivity index (χ2v) is 5.79. The van der Waals surface area contributed by atoms with Crippen molar-refractivity contribution in [3.63, 3.8) is 0 Å². The lowest BCUT2D eigenvalue weighted by Gasteiger charge is -2.39. The molecule has 2 amide bonds. The summed E-state index contributed by atoms with van der Waals surface area (Å²) >= 11 is 0. The Balaban J connectivity index is 1.85. The van der Waals surface area contributed by atoms with E-state index >= 15 is 0 Å². The Morgan fingerprint density at radius 2 is 1.71 bits per heavy atom. The Bertz CT molecular complexity index is 552. The van der Waals surface area contributed by atoms with Crippen molar-refractivity contribution >= 4 is 12.0 Å². The lowest BCUT2D eigenvalue weighted by Crippen LogP contribution is -2.54. The van der Waals surface area contributed by atoms with E-state index in [1.807, 2.05) is 24.3 Å². The molecule has 1 aromatic carbocycles. The lowest BCUT2D eigenvalue weighted by molar-refractivity contribution is -0.142. The normalized spacial score (nSPS) is 21.8. The maximum atomic E-state index is 12.7. The van der Waals surface area contributed by atoms with E-state index in [1.165, 1.54) is 4.90 Å². The third-order valence-electron chi connectivity index (χ3n) is 4.41. The zero-order valence-electron chi connectivity index (χ0n) is 12.0. The number of amides is 2. The molecule has 1 aromatic rings. The molecule has 3 rings (SSSR count). The summed E-state index contributed by atoms with van der Waals surface area (Å²) in [6.45, 7) is 1.87. The molecule has 0 aliphatic carbocycles. The van der Waals surface area contributed by atoms with E-state index in [-0.39, 0.29) is 6.03 Å². The van der Waals surface area contributed by atoms with E-state index in [1.54, 1.807) is 4.90 Å². The van der Waals surface area contributed by atoms with Crippen LogP contribution in [0.5, 0.6) is 0 Å². The van der Waals surface area contributed by atoms with Crippen molar-refractivity contribution in [2.45, 2.75) is 38.3 Å². The molecule has 1 saturated heterocycles. The summed E-state index contributed by atoms with van der Waals surface area (Å²) in [6.07, 6.45) is 3.56. The molecule has 1 fully saturated rings. The number of piperidine rings is 1. The van der Waals surface area contributed by atoms with Crippen LogP contribution in [0.1, 0.15) is 30.4 Å². The fourth-order valence-corrected chi connectivity index (χ4v) is 3.21. The van der Waals surface area contributed by atoms with Gasteiger partial charge in [0.1, 0.15) is 6.04 Å². The van der Waals surface area contributed by atoms with Gasteiger partial charge in [0.15, 0.2) is 0 Å². The molecule has 0 aromatic heterocycles. The molecule has 0 bridgehead atoms. The third-order valence-corrected chi connectivity index (χ3v) is 4.41. The van der Waals surface area contributed by atoms with Crippen LogP contribution in [0.25, 0.3) is 0 Å². The predicted molar refractivity (Wildman–Crippen MR) is 77.9 cm³/mol. The number of hydrogen-bond donors (Lipinski definition) is 1. The highest BCUT2D eigenvalue weighted by Crippen LogP contribution is 2.25. The fraction of sp³-hybridized carbons (Fsp3) is 0.500. The van der Waals surface area contributed by atoms with Gasteiger partial charge in [-0.25, -0.2) is 9.59 Å². The van der Waals surface area contributed by atoms with Crippen LogP contribution >= 0.6 is 0 Å². The van der Waals surface area contributed by atoms with Crippen LogP contribution in [0.4, 0.5) is 4.79 Å². The Hall–Kier alpha value is -2.04. The second kappa shape index (κ2) is 5.76. The van der Waals surface area contributed by atoms with Gasteiger partial charge >= 0.3 is 12.0 Å². The van der Waals surface area contributed by atoms with Gasteiger partial charge in [-0.3, -0.25) is 0 Å². The molecule has 5 nitrogen and oxygen atoms in total. The molecular weight excluding hydrogens is 268 g/mol. The zero-order chi connectivity index (χ0) is 14.8. The molecule has 0 spiro atoms. The molecule has 0 radical (unpaired) electrons. The molecular formula is C16H20N2O3. The molecule has 1 atom stereocenters. The van der Waals surface area contributed by atoms with Gasteiger partial charge in [0.25, 0.3) is 0 Å². The van der Waals surface area contributed by atoms with Gasteiger partial charge < -0.3 is 14.9 Å². The van der Waals surface area contributed by atoms with E-state index < -0.39 is 12.0 Å². The molecule has 21 heavy (non-hydrogen) atoms. The van der Waals surface area contributed by atoms with Crippen molar-refractivity contribution in [1.82, 2.24) is 9.80 Å². The minimum atomic E-state index is -0.921. The average Bonchev–Trinajstić information content (AvgIpc) is 2.53. The number of fused-ring (bicyclic) bond motifs is 1. The van der Waals surface area contributed by atoms with Crippen molar-refractivity contribution in [1.29, 1.82) is 0 Å². The number of carbonyl (C=O) groups excluding carboxylic acids is 1. The number of nitrogens with zero attached hydrogens (tertiary/aromatic N) is 2. The first kappa shape index (κ1) is 13.9. The summed E-state index contributed by atoms with van der Waals surface area (Å²) in [4.78, 5) is 27.5. The van der Waals surface area contributed by atoms with E-state index in [9.17, 15) is 14.7 Å². The van der Waals surface area contributed by atoms with Gasteiger partial charge in [-0.2, -0.15) is 0 Å². The Kier molecular flexibility index (Phi) is 3.82. The molecule has 2 aliphatic heterocycles. The summed E-state index contributed by atoms with van der Waals surface area (Å²) in [6, 6.07) is 6.90. The molecule has 2 heterocycles. The highest BCUT2D eigenvalue weighted by Gasteiger charge is 2.36. The number of rotatable bonds is 1. The smallest absolute Gasteiger partial charge is 0.326 e. The predicted octanol–water partition coefficient (Wildman–Crippen LogP) is 2.10. The molecule has 2 aliphatic rings. The van der Waals surface area contributed by atoms with E-state index in [0.717, 1.165) is 43.5 Å². The number of carboxylic acid groups (broad SMARTS) is 1. The van der Waals surface area contributed by atoms with Crippen LogP contribution in [-0.4, -0.2) is 46.0 Å². The van der Waals surface area contributed by atoms with Crippen molar-refractivity contribution < 1.29 is 14.7 Å². The van der Waals surface area contributed by atoms with Gasteiger partial charge in [-0.05, 0) is 30.4 Å². The summed E-state index contributed by atoms with van der Waals surface area (Å²) in [5.74, 6) is -0.921. The molecule has 1 N–H and O–H groups in total. The number of carboxylic acids is 1. The van der Waals surface area contributed by atoms with Crippen LogP contribution in [0.15, 0.2) is 24.3 Å². The van der Waals surface area contributed by atoms with Crippen LogP contribution in [0.2, 0.25) is 0 Å². The van der Waals surface area contributed by atoms with E-state index in [2.05, 4.69) is 0 Å². The number of aliphatic carboxylic acids is 1. The third kappa shape index (κ3) is 2.73. The van der Waals surface area contributed by atoms with E-state index in [4.69, 9.17) is 0 Å². The monoisotopic (exact) mass is 288 g/mol. The number of likely N-dealkylation sites (tertiary alicyclic amines) is 1. The van der Waals surface area contributed by atoms with Crippen molar-refractivity contribution in [3.05, 3.63) is 35.4 Å². The highest BCUT2D eigenvalue weighted by atomic mass is 16.4. The second-order valence-electron chi connectivity index (χ2n) is 5.79. The summed E-state index contributed by atoms with van der Waals surface area (Å²) < 4.78 is 0. The summed E-state index contributed by atoms with van der Waals surface area (Å²) in [5.41, 5.74) is 2.09. The molecule has 112 valence electrons. The van der Waals surface area contributed by atoms with Crippen molar-refractivity contribution in [2.75, 3.05) is 13.1 Å². The Morgan fingerprint density at radius 1 is 1.05 bits per heavy atom. The lowest BCUT2D eigenvalue weighted by atomic mass is 9.94. The van der Waals surface area contributed by atoms with Gasteiger partial charge in [0, 0.05) is 26.1 Å². The first-order chi connectivity index (χ1) is 10.2. The number of hydrogen-bond acceptors (Lipinski definition) is 2. The first-order valence-corrected chi connectivity index (χ1v) is 7.52. The first-order valence-electron chi connectivity index (χ1n) is 7.52. The minimum absolute atomic E-state index is 0.128. The molecule has 5 heteroatoms. The summed E-state index contributed by atoms with van der Waals surface area (Å²) in [5, 5.41) is 9.47. The Morgan fingerprint density at radius 3 is 2.38 bits per heavy atom. The minimum Gasteiger partial charge on any atom is -0.480 e. The van der Waals surface area contributed by atoms with E-state index in [0.29, 0.717) is 13.0 Å². The molecule has 0 saturated carbocycles. The van der Waals surface area contributed by atoms with Crippen molar-refractivity contribution in [3.8, 4) is 0 Å². The van der Waals surface area contributed by atoms with Crippen LogP contribution in [0.3, 0.4) is 0 Å². The largest absolute Gasteiger partial charge is 0.480 e. The SMILES string of the molecule is O=C(O)[C@H]1Cc2ccccc2CN1C(=O)N1CCCCC1. The van der Waals surface area contributed by atoms with Crippen LogP contribution in [0, 0.1) is 0 Å². The highest BCUT2D eigenvalue weighted by molar-refractivity contribution is 5.83. The number of benzene rings is 1. The van der Waals surface area contributed by atoms with Gasteiger partial charge in [-0.15, -0.1) is 0 Å². The summed E-state index contributed by atoms with van der Waals surface area (Å²) in [7, 11) is 0. The van der Waals surface area contributed by atoms with Crippen molar-refractivity contribution in [2.24, 2.45) is 0 Å². The number of urea groups is 1. The maximum Gasteiger partial charge on any atom is 0.326 e. The molecule has 0 unspecified atom stereocenters. The quantitative estimate of drug-likeness (QED) is 0.861. The van der Waals surface area contributed by atoms with Crippen LogP contribution < -0.4 is 0 Å². The zero-order valence-corrected chi connectivity index (χ0v) is 12.0. The standard InChI is InChI=1S/C16H20N2O3/c19-15(20)14-10-12-6-2-3-7-13(12)11-18(14)16(21)17-8-4-1-5-9-17/h2-3,6-7,14H,1,4-5,8-11H2,(H,19,20)/t14-/m1/s1. The van der Waals surface area contributed by atoms with Crippen LogP contribution in [-0.2, 0) is 17.8 Å². The fourth-order valence-electron chi connectivity index (χ4n) is 3.21. The maximum absolute atomic E-state index is 12.7. The topological polar surface area (TPSA) is 60.9 Å². The van der Waals surface area contributed by atoms with Gasteiger partial charge in [0.05, 0.1) is 0 Å². The van der Waals surface area contributed by atoms with Gasteiger partial charge in [-0.1, -0.05) is 24.3 Å².